The van der Waals surface area contributed by atoms with Crippen molar-refractivity contribution >= 4 is 33.0 Å². The predicted octanol–water partition coefficient (Wildman–Crippen LogP) is 2.56. The smallest absolute Gasteiger partial charge is 0.275 e. The lowest BCUT2D eigenvalue weighted by atomic mass is 10.1. The standard InChI is InChI=1S/C18H24N4O2S/c1-10(2)14(16(19-3)21-12-5-4-11(8-12)9-23)18-22-15-13(25-18)6-7-20-17(15)24/h6-7,11-12,23H,4-5,8-9H2,1-3H3,(H,19,21)(H,20,24). The van der Waals surface area contributed by atoms with Crippen molar-refractivity contribution in [2.45, 2.75) is 39.2 Å². The van der Waals surface area contributed by atoms with Crippen LogP contribution in [0.2, 0.25) is 0 Å². The normalized spacial score (nSPS) is 20.9. The van der Waals surface area contributed by atoms with E-state index in [9.17, 15) is 9.90 Å². The zero-order valence-electron chi connectivity index (χ0n) is 14.8. The topological polar surface area (TPSA) is 90.4 Å². The Kier molecular flexibility index (Phi) is 5.34. The van der Waals surface area contributed by atoms with E-state index >= 15 is 0 Å². The zero-order chi connectivity index (χ0) is 18.0. The molecule has 0 spiro atoms. The Bertz CT molecular complexity index is 877. The van der Waals surface area contributed by atoms with Crippen molar-refractivity contribution in [1.29, 1.82) is 0 Å². The van der Waals surface area contributed by atoms with Gasteiger partial charge >= 0.3 is 0 Å². The Balaban J connectivity index is 1.93. The summed E-state index contributed by atoms with van der Waals surface area (Å²) in [5.41, 5.74) is 2.35. The molecule has 2 aromatic rings. The molecule has 0 aromatic carbocycles. The van der Waals surface area contributed by atoms with Gasteiger partial charge in [-0.3, -0.25) is 9.79 Å². The molecule has 0 amide bonds. The average molecular weight is 360 g/mol. The number of nitrogens with zero attached hydrogens (tertiary/aromatic N) is 2. The molecule has 3 rings (SSSR count). The third-order valence-corrected chi connectivity index (χ3v) is 5.67. The molecule has 1 saturated carbocycles. The minimum Gasteiger partial charge on any atom is -0.396 e. The molecule has 134 valence electrons. The molecular formula is C18H24N4O2S. The number of pyridine rings is 1. The number of rotatable bonds is 4. The monoisotopic (exact) mass is 360 g/mol. The van der Waals surface area contributed by atoms with Gasteiger partial charge in [-0.05, 0) is 45.1 Å². The maximum atomic E-state index is 12.0. The summed E-state index contributed by atoms with van der Waals surface area (Å²) in [6, 6.07) is 2.18. The van der Waals surface area contributed by atoms with Crippen LogP contribution in [-0.2, 0) is 0 Å². The largest absolute Gasteiger partial charge is 0.396 e. The van der Waals surface area contributed by atoms with Crippen LogP contribution in [0, 0.1) is 5.92 Å². The summed E-state index contributed by atoms with van der Waals surface area (Å²) >= 11 is 1.50. The maximum Gasteiger partial charge on any atom is 0.275 e. The molecule has 25 heavy (non-hydrogen) atoms. The van der Waals surface area contributed by atoms with Gasteiger partial charge in [-0.25, -0.2) is 4.98 Å². The minimum atomic E-state index is -0.169. The van der Waals surface area contributed by atoms with Gasteiger partial charge in [0.2, 0.25) is 0 Å². The first-order valence-corrected chi connectivity index (χ1v) is 9.35. The minimum absolute atomic E-state index is 0.169. The van der Waals surface area contributed by atoms with Gasteiger partial charge in [0.1, 0.15) is 16.4 Å². The van der Waals surface area contributed by atoms with Crippen LogP contribution < -0.4 is 10.9 Å². The third-order valence-electron chi connectivity index (χ3n) is 4.63. The first kappa shape index (κ1) is 17.8. The molecule has 0 aliphatic heterocycles. The lowest BCUT2D eigenvalue weighted by molar-refractivity contribution is 0.228. The lowest BCUT2D eigenvalue weighted by Crippen LogP contribution is -2.34. The number of amidine groups is 1. The van der Waals surface area contributed by atoms with Crippen LogP contribution in [0.4, 0.5) is 0 Å². The van der Waals surface area contributed by atoms with Gasteiger partial charge in [-0.15, -0.1) is 11.3 Å². The molecule has 0 saturated heterocycles. The quantitative estimate of drug-likeness (QED) is 0.577. The Morgan fingerprint density at radius 2 is 2.28 bits per heavy atom. The fourth-order valence-electron chi connectivity index (χ4n) is 3.34. The second kappa shape index (κ2) is 7.49. The fourth-order valence-corrected chi connectivity index (χ4v) is 4.46. The van der Waals surface area contributed by atoms with E-state index in [4.69, 9.17) is 0 Å². The summed E-state index contributed by atoms with van der Waals surface area (Å²) in [5.74, 6) is 1.17. The number of allylic oxidation sites excluding steroid dienone is 1. The van der Waals surface area contributed by atoms with Crippen molar-refractivity contribution in [3.05, 3.63) is 33.2 Å². The highest BCUT2D eigenvalue weighted by Gasteiger charge is 2.26. The number of H-pyrrole nitrogens is 1. The van der Waals surface area contributed by atoms with Crippen molar-refractivity contribution in [1.82, 2.24) is 15.3 Å². The van der Waals surface area contributed by atoms with Crippen LogP contribution in [0.25, 0.3) is 15.8 Å². The van der Waals surface area contributed by atoms with E-state index < -0.39 is 0 Å². The summed E-state index contributed by atoms with van der Waals surface area (Å²) in [4.78, 5) is 23.7. The molecule has 2 aromatic heterocycles. The van der Waals surface area contributed by atoms with Gasteiger partial charge in [0.25, 0.3) is 5.56 Å². The fraction of sp³-hybridized carbons (Fsp3) is 0.500. The summed E-state index contributed by atoms with van der Waals surface area (Å²) < 4.78 is 0.870. The van der Waals surface area contributed by atoms with E-state index in [1.807, 2.05) is 19.9 Å². The Hall–Kier alpha value is -1.99. The van der Waals surface area contributed by atoms with Gasteiger partial charge in [0.05, 0.1) is 10.3 Å². The van der Waals surface area contributed by atoms with Gasteiger partial charge in [-0.1, -0.05) is 5.57 Å². The van der Waals surface area contributed by atoms with Gasteiger partial charge in [0.15, 0.2) is 0 Å². The highest BCUT2D eigenvalue weighted by atomic mass is 32.1. The summed E-state index contributed by atoms with van der Waals surface area (Å²) in [6.07, 6.45) is 4.66. The second-order valence-corrected chi connectivity index (χ2v) is 7.72. The number of aliphatic hydroxyl groups excluding tert-OH is 1. The van der Waals surface area contributed by atoms with Crippen LogP contribution in [0.5, 0.6) is 0 Å². The molecule has 6 nitrogen and oxygen atoms in total. The van der Waals surface area contributed by atoms with E-state index in [-0.39, 0.29) is 12.2 Å². The molecule has 2 heterocycles. The molecule has 2 unspecified atom stereocenters. The van der Waals surface area contributed by atoms with Crippen LogP contribution in [0.3, 0.4) is 0 Å². The van der Waals surface area contributed by atoms with Crippen molar-refractivity contribution in [2.75, 3.05) is 13.7 Å². The van der Waals surface area contributed by atoms with E-state index in [1.165, 1.54) is 11.3 Å². The van der Waals surface area contributed by atoms with E-state index in [0.717, 1.165) is 46.0 Å². The summed E-state index contributed by atoms with van der Waals surface area (Å²) in [5, 5.41) is 13.7. The van der Waals surface area contributed by atoms with Gasteiger partial charge < -0.3 is 15.4 Å². The average Bonchev–Trinajstić information content (AvgIpc) is 3.21. The Labute approximate surface area is 150 Å². The van der Waals surface area contributed by atoms with E-state index in [2.05, 4.69) is 20.3 Å². The Morgan fingerprint density at radius 3 is 2.88 bits per heavy atom. The predicted molar refractivity (Wildman–Crippen MR) is 103 cm³/mol. The third kappa shape index (κ3) is 3.67. The number of aliphatic hydroxyl groups is 1. The SMILES string of the molecule is CN=C(NC1CCC(CO)C1)C(=C(C)C)c1nc2c(=O)[nH]ccc2s1. The van der Waals surface area contributed by atoms with E-state index in [1.54, 1.807) is 13.2 Å². The van der Waals surface area contributed by atoms with E-state index in [0.29, 0.717) is 17.5 Å². The number of nitrogens with one attached hydrogen (secondary N) is 2. The highest BCUT2D eigenvalue weighted by molar-refractivity contribution is 7.19. The van der Waals surface area contributed by atoms with Crippen LogP contribution in [-0.4, -0.2) is 40.6 Å². The molecule has 0 bridgehead atoms. The molecule has 2 atom stereocenters. The summed E-state index contributed by atoms with van der Waals surface area (Å²) in [7, 11) is 1.77. The zero-order valence-corrected chi connectivity index (χ0v) is 15.6. The van der Waals surface area contributed by atoms with Crippen LogP contribution in [0.1, 0.15) is 38.1 Å². The van der Waals surface area contributed by atoms with Crippen LogP contribution in [0.15, 0.2) is 27.6 Å². The number of fused-ring (bicyclic) bond motifs is 1. The number of hydrogen-bond acceptors (Lipinski definition) is 5. The molecule has 7 heteroatoms. The Morgan fingerprint density at radius 1 is 1.48 bits per heavy atom. The molecular weight excluding hydrogens is 336 g/mol. The second-order valence-electron chi connectivity index (χ2n) is 6.69. The van der Waals surface area contributed by atoms with Gasteiger partial charge in [-0.2, -0.15) is 0 Å². The number of aliphatic imine (C=N–C) groups is 1. The summed E-state index contributed by atoms with van der Waals surface area (Å²) in [6.45, 7) is 4.31. The first-order chi connectivity index (χ1) is 12.0. The maximum absolute atomic E-state index is 12.0. The molecule has 1 aliphatic rings. The molecule has 1 fully saturated rings. The van der Waals surface area contributed by atoms with Crippen molar-refractivity contribution < 1.29 is 5.11 Å². The number of aromatic nitrogens is 2. The molecule has 0 radical (unpaired) electrons. The highest BCUT2D eigenvalue weighted by Crippen LogP contribution is 2.30. The molecule has 1 aliphatic carbocycles. The van der Waals surface area contributed by atoms with Crippen LogP contribution >= 0.6 is 11.3 Å². The molecule has 3 N–H and O–H groups in total. The van der Waals surface area contributed by atoms with Crippen molar-refractivity contribution in [2.24, 2.45) is 10.9 Å². The number of hydrogen-bond donors (Lipinski definition) is 3. The first-order valence-electron chi connectivity index (χ1n) is 8.54. The number of aromatic amines is 1. The number of thiazole rings is 1. The van der Waals surface area contributed by atoms with Crippen molar-refractivity contribution in [3.63, 3.8) is 0 Å². The van der Waals surface area contributed by atoms with Gasteiger partial charge in [0, 0.05) is 25.9 Å². The van der Waals surface area contributed by atoms with Crippen molar-refractivity contribution in [3.8, 4) is 0 Å². The lowest BCUT2D eigenvalue weighted by Gasteiger charge is -2.18.